The normalized spacial score (nSPS) is 46.6. The number of rotatable bonds is 4. The molecule has 17 heavy (non-hydrogen) atoms. The Morgan fingerprint density at radius 3 is 2.47 bits per heavy atom. The molecule has 1 nitrogen and oxygen atoms in total. The zero-order valence-corrected chi connectivity index (χ0v) is 11.6. The first kappa shape index (κ1) is 12.0. The first-order valence-corrected chi connectivity index (χ1v) is 7.93. The van der Waals surface area contributed by atoms with E-state index in [4.69, 9.17) is 0 Å². The number of nitrogens with one attached hydrogen (secondary N) is 1. The van der Waals surface area contributed by atoms with Crippen molar-refractivity contribution in [1.29, 1.82) is 0 Å². The van der Waals surface area contributed by atoms with Crippen molar-refractivity contribution in [2.75, 3.05) is 7.05 Å². The second-order valence-corrected chi connectivity index (χ2v) is 7.24. The van der Waals surface area contributed by atoms with Crippen molar-refractivity contribution in [3.05, 3.63) is 0 Å². The molecule has 0 aliphatic heterocycles. The largest absolute Gasteiger partial charge is 0.317 e. The van der Waals surface area contributed by atoms with Gasteiger partial charge in [-0.3, -0.25) is 0 Å². The van der Waals surface area contributed by atoms with Gasteiger partial charge in [-0.25, -0.2) is 0 Å². The Morgan fingerprint density at radius 1 is 1.06 bits per heavy atom. The van der Waals surface area contributed by atoms with E-state index in [1.54, 1.807) is 25.7 Å². The maximum Gasteiger partial charge on any atom is 0.00951 e. The van der Waals surface area contributed by atoms with Gasteiger partial charge in [0.2, 0.25) is 0 Å². The molecule has 3 saturated carbocycles. The van der Waals surface area contributed by atoms with Gasteiger partial charge in [-0.2, -0.15) is 0 Å². The van der Waals surface area contributed by atoms with E-state index in [0.29, 0.717) is 0 Å². The molecule has 98 valence electrons. The summed E-state index contributed by atoms with van der Waals surface area (Å²) in [5.41, 5.74) is 0. The van der Waals surface area contributed by atoms with Gasteiger partial charge in [0, 0.05) is 6.04 Å². The van der Waals surface area contributed by atoms with Gasteiger partial charge in [-0.15, -0.1) is 0 Å². The van der Waals surface area contributed by atoms with E-state index < -0.39 is 0 Å². The van der Waals surface area contributed by atoms with E-state index in [9.17, 15) is 0 Å². The molecular formula is C16H29N. The second-order valence-electron chi connectivity index (χ2n) is 7.24. The molecule has 0 saturated heterocycles. The number of hydrogen-bond donors (Lipinski definition) is 1. The van der Waals surface area contributed by atoms with Crippen molar-refractivity contribution in [3.8, 4) is 0 Å². The van der Waals surface area contributed by atoms with E-state index in [0.717, 1.165) is 35.6 Å². The van der Waals surface area contributed by atoms with Crippen molar-refractivity contribution in [3.63, 3.8) is 0 Å². The fourth-order valence-electron chi connectivity index (χ4n) is 5.15. The van der Waals surface area contributed by atoms with Gasteiger partial charge in [-0.05, 0) is 75.2 Å². The van der Waals surface area contributed by atoms with Crippen molar-refractivity contribution in [2.45, 2.75) is 64.3 Å². The first-order chi connectivity index (χ1) is 8.26. The van der Waals surface area contributed by atoms with E-state index in [2.05, 4.69) is 19.3 Å². The lowest BCUT2D eigenvalue weighted by Gasteiger charge is -2.30. The molecule has 6 unspecified atom stereocenters. The third kappa shape index (κ3) is 2.41. The molecule has 2 bridgehead atoms. The van der Waals surface area contributed by atoms with Crippen LogP contribution in [0, 0.1) is 29.6 Å². The summed E-state index contributed by atoms with van der Waals surface area (Å²) in [7, 11) is 2.20. The lowest BCUT2D eigenvalue weighted by molar-refractivity contribution is 0.242. The van der Waals surface area contributed by atoms with Gasteiger partial charge in [-0.1, -0.05) is 19.8 Å². The number of fused-ring (bicyclic) bond motifs is 2. The predicted octanol–water partition coefficient (Wildman–Crippen LogP) is 3.84. The van der Waals surface area contributed by atoms with Crippen LogP contribution in [-0.4, -0.2) is 13.1 Å². The maximum atomic E-state index is 3.65. The molecule has 3 aliphatic rings. The molecule has 0 aromatic rings. The third-order valence-corrected chi connectivity index (χ3v) is 6.12. The summed E-state index contributed by atoms with van der Waals surface area (Å²) in [5.74, 6) is 5.26. The molecule has 1 N–H and O–H groups in total. The summed E-state index contributed by atoms with van der Waals surface area (Å²) in [6.45, 7) is 2.43. The summed E-state index contributed by atoms with van der Waals surface area (Å²) in [6, 6.07) is 0.823. The molecule has 1 heteroatoms. The van der Waals surface area contributed by atoms with Crippen LogP contribution in [0.2, 0.25) is 0 Å². The molecular weight excluding hydrogens is 206 g/mol. The average molecular weight is 235 g/mol. The predicted molar refractivity (Wildman–Crippen MR) is 72.9 cm³/mol. The van der Waals surface area contributed by atoms with Crippen molar-refractivity contribution in [2.24, 2.45) is 29.6 Å². The summed E-state index contributed by atoms with van der Waals surface area (Å²) < 4.78 is 0. The van der Waals surface area contributed by atoms with Crippen molar-refractivity contribution in [1.82, 2.24) is 5.32 Å². The molecule has 0 radical (unpaired) electrons. The van der Waals surface area contributed by atoms with Crippen LogP contribution < -0.4 is 5.32 Å². The SMILES string of the molecule is CNC(CC1CC2CCC1C2)C1CCC(C)C1. The highest BCUT2D eigenvalue weighted by atomic mass is 14.9. The van der Waals surface area contributed by atoms with Crippen LogP contribution in [-0.2, 0) is 0 Å². The van der Waals surface area contributed by atoms with Crippen LogP contribution in [0.4, 0.5) is 0 Å². The average Bonchev–Trinajstić information content (AvgIpc) is 3.01. The minimum atomic E-state index is 0.823. The summed E-state index contributed by atoms with van der Waals surface area (Å²) in [4.78, 5) is 0. The first-order valence-electron chi connectivity index (χ1n) is 7.93. The lowest BCUT2D eigenvalue weighted by atomic mass is 9.80. The van der Waals surface area contributed by atoms with Gasteiger partial charge < -0.3 is 5.32 Å². The lowest BCUT2D eigenvalue weighted by Crippen LogP contribution is -2.35. The van der Waals surface area contributed by atoms with Gasteiger partial charge in [0.15, 0.2) is 0 Å². The summed E-state index contributed by atoms with van der Waals surface area (Å²) in [5, 5.41) is 3.65. The van der Waals surface area contributed by atoms with Crippen LogP contribution >= 0.6 is 0 Å². The Kier molecular flexibility index (Phi) is 3.47. The Morgan fingerprint density at radius 2 is 1.94 bits per heavy atom. The Hall–Kier alpha value is -0.0400. The minimum Gasteiger partial charge on any atom is -0.317 e. The fourth-order valence-corrected chi connectivity index (χ4v) is 5.15. The van der Waals surface area contributed by atoms with E-state index >= 15 is 0 Å². The molecule has 0 aromatic carbocycles. The smallest absolute Gasteiger partial charge is 0.00951 e. The highest BCUT2D eigenvalue weighted by Crippen LogP contribution is 2.50. The molecule has 0 spiro atoms. The fraction of sp³-hybridized carbons (Fsp3) is 1.00. The second kappa shape index (κ2) is 4.91. The molecule has 3 aliphatic carbocycles. The highest BCUT2D eigenvalue weighted by molar-refractivity contribution is 4.93. The topological polar surface area (TPSA) is 12.0 Å². The zero-order valence-electron chi connectivity index (χ0n) is 11.6. The van der Waals surface area contributed by atoms with Gasteiger partial charge >= 0.3 is 0 Å². The standard InChI is InChI=1S/C16H29N/c1-11-3-5-14(7-11)16(17-2)10-15-9-12-4-6-13(15)8-12/h11-17H,3-10H2,1-2H3. The van der Waals surface area contributed by atoms with Gasteiger partial charge in [0.1, 0.15) is 0 Å². The monoisotopic (exact) mass is 235 g/mol. The Balaban J connectivity index is 1.55. The summed E-state index contributed by atoms with van der Waals surface area (Å²) in [6.07, 6.45) is 12.1. The molecule has 3 fully saturated rings. The third-order valence-electron chi connectivity index (χ3n) is 6.12. The highest BCUT2D eigenvalue weighted by Gasteiger charge is 2.41. The van der Waals surface area contributed by atoms with Gasteiger partial charge in [0.25, 0.3) is 0 Å². The van der Waals surface area contributed by atoms with Gasteiger partial charge in [0.05, 0.1) is 0 Å². The quantitative estimate of drug-likeness (QED) is 0.781. The van der Waals surface area contributed by atoms with Crippen LogP contribution in [0.5, 0.6) is 0 Å². The van der Waals surface area contributed by atoms with Crippen LogP contribution in [0.15, 0.2) is 0 Å². The molecule has 0 aromatic heterocycles. The van der Waals surface area contributed by atoms with Crippen LogP contribution in [0.1, 0.15) is 58.3 Å². The minimum absolute atomic E-state index is 0.823. The maximum absolute atomic E-state index is 3.65. The van der Waals surface area contributed by atoms with Crippen molar-refractivity contribution >= 4 is 0 Å². The Bertz CT molecular complexity index is 262. The van der Waals surface area contributed by atoms with E-state index in [1.165, 1.54) is 25.7 Å². The Labute approximate surface area is 107 Å². The van der Waals surface area contributed by atoms with E-state index in [1.807, 2.05) is 0 Å². The van der Waals surface area contributed by atoms with E-state index in [-0.39, 0.29) is 0 Å². The van der Waals surface area contributed by atoms with Crippen LogP contribution in [0.3, 0.4) is 0 Å². The zero-order chi connectivity index (χ0) is 11.8. The van der Waals surface area contributed by atoms with Crippen molar-refractivity contribution < 1.29 is 0 Å². The van der Waals surface area contributed by atoms with Crippen LogP contribution in [0.25, 0.3) is 0 Å². The molecule has 0 heterocycles. The molecule has 0 amide bonds. The summed E-state index contributed by atoms with van der Waals surface area (Å²) >= 11 is 0. The molecule has 6 atom stereocenters. The number of hydrogen-bond acceptors (Lipinski definition) is 1. The molecule has 3 rings (SSSR count).